The predicted octanol–water partition coefficient (Wildman–Crippen LogP) is 2.15. The van der Waals surface area contributed by atoms with E-state index in [2.05, 4.69) is 37.8 Å². The van der Waals surface area contributed by atoms with Gasteiger partial charge in [0.15, 0.2) is 0 Å². The van der Waals surface area contributed by atoms with Gasteiger partial charge in [-0.2, -0.15) is 0 Å². The second-order valence-electron chi connectivity index (χ2n) is 5.73. The SMILES string of the molecule is CCCOc1ccc(C(=O)NC[C@H](c2cccs2)[NH+](C)C)cc1. The Kier molecular flexibility index (Phi) is 6.62. The summed E-state index contributed by atoms with van der Waals surface area (Å²) in [6.45, 7) is 3.38. The van der Waals surface area contributed by atoms with E-state index in [1.54, 1.807) is 11.3 Å². The third kappa shape index (κ3) is 5.08. The molecule has 1 aromatic heterocycles. The lowest BCUT2D eigenvalue weighted by molar-refractivity contribution is -0.890. The van der Waals surface area contributed by atoms with Crippen LogP contribution < -0.4 is 15.0 Å². The van der Waals surface area contributed by atoms with Gasteiger partial charge in [-0.1, -0.05) is 13.0 Å². The van der Waals surface area contributed by atoms with Crippen LogP contribution in [0.25, 0.3) is 0 Å². The molecule has 124 valence electrons. The highest BCUT2D eigenvalue weighted by Gasteiger charge is 2.20. The summed E-state index contributed by atoms with van der Waals surface area (Å²) in [6.07, 6.45) is 0.971. The minimum atomic E-state index is -0.0464. The average Bonchev–Trinajstić information content (AvgIpc) is 3.07. The molecule has 2 N–H and O–H groups in total. The summed E-state index contributed by atoms with van der Waals surface area (Å²) in [4.78, 5) is 14.9. The van der Waals surface area contributed by atoms with Gasteiger partial charge >= 0.3 is 0 Å². The Hall–Kier alpha value is -1.85. The van der Waals surface area contributed by atoms with Crippen LogP contribution in [-0.2, 0) is 0 Å². The molecule has 1 aromatic carbocycles. The number of rotatable bonds is 8. The summed E-state index contributed by atoms with van der Waals surface area (Å²) in [5.41, 5.74) is 0.660. The van der Waals surface area contributed by atoms with Gasteiger partial charge in [0.1, 0.15) is 11.8 Å². The van der Waals surface area contributed by atoms with E-state index in [0.717, 1.165) is 12.2 Å². The van der Waals surface area contributed by atoms with Crippen LogP contribution in [-0.4, -0.2) is 33.2 Å². The highest BCUT2D eigenvalue weighted by molar-refractivity contribution is 7.10. The van der Waals surface area contributed by atoms with E-state index >= 15 is 0 Å². The van der Waals surface area contributed by atoms with Crippen LogP contribution in [0.5, 0.6) is 5.75 Å². The fraction of sp³-hybridized carbons (Fsp3) is 0.389. The van der Waals surface area contributed by atoms with Crippen molar-refractivity contribution in [2.24, 2.45) is 0 Å². The number of benzene rings is 1. The Balaban J connectivity index is 1.93. The van der Waals surface area contributed by atoms with Gasteiger partial charge in [0.2, 0.25) is 0 Å². The summed E-state index contributed by atoms with van der Waals surface area (Å²) in [5, 5.41) is 5.11. The minimum Gasteiger partial charge on any atom is -0.494 e. The number of hydrogen-bond donors (Lipinski definition) is 2. The van der Waals surface area contributed by atoms with E-state index in [9.17, 15) is 4.79 Å². The number of hydrogen-bond acceptors (Lipinski definition) is 3. The van der Waals surface area contributed by atoms with Gasteiger partial charge in [0.25, 0.3) is 5.91 Å². The number of carbonyl (C=O) groups excluding carboxylic acids is 1. The summed E-state index contributed by atoms with van der Waals surface area (Å²) in [6, 6.07) is 11.7. The van der Waals surface area contributed by atoms with Crippen molar-refractivity contribution >= 4 is 17.2 Å². The van der Waals surface area contributed by atoms with E-state index in [4.69, 9.17) is 4.74 Å². The zero-order chi connectivity index (χ0) is 16.7. The van der Waals surface area contributed by atoms with Crippen LogP contribution in [0.3, 0.4) is 0 Å². The summed E-state index contributed by atoms with van der Waals surface area (Å²) >= 11 is 1.73. The third-order valence-electron chi connectivity index (χ3n) is 3.64. The molecule has 1 amide bonds. The van der Waals surface area contributed by atoms with Gasteiger partial charge < -0.3 is 15.0 Å². The molecule has 0 unspecified atom stereocenters. The number of likely N-dealkylation sites (N-methyl/N-ethyl adjacent to an activating group) is 1. The maximum Gasteiger partial charge on any atom is 0.251 e. The highest BCUT2D eigenvalue weighted by Crippen LogP contribution is 2.16. The monoisotopic (exact) mass is 333 g/mol. The van der Waals surface area contributed by atoms with E-state index < -0.39 is 0 Å². The number of thiophene rings is 1. The Morgan fingerprint density at radius 1 is 1.26 bits per heavy atom. The fourth-order valence-electron chi connectivity index (χ4n) is 2.30. The number of ether oxygens (including phenoxy) is 1. The standard InChI is InChI=1S/C18H24N2O2S/c1-4-11-22-15-9-7-14(8-10-15)18(21)19-13-16(20(2)3)17-6-5-12-23-17/h5-10,12,16H,4,11,13H2,1-3H3,(H,19,21)/p+1/t16-/m1/s1. The van der Waals surface area contributed by atoms with Gasteiger partial charge in [-0.25, -0.2) is 0 Å². The fourth-order valence-corrected chi connectivity index (χ4v) is 3.25. The first-order valence-electron chi connectivity index (χ1n) is 7.96. The molecule has 1 heterocycles. The molecule has 23 heavy (non-hydrogen) atoms. The molecule has 0 aliphatic heterocycles. The molecule has 0 aliphatic carbocycles. The number of nitrogens with one attached hydrogen (secondary N) is 2. The van der Waals surface area contributed by atoms with Crippen molar-refractivity contribution in [1.82, 2.24) is 5.32 Å². The van der Waals surface area contributed by atoms with E-state index in [0.29, 0.717) is 18.7 Å². The van der Waals surface area contributed by atoms with Crippen molar-refractivity contribution in [3.05, 3.63) is 52.2 Å². The van der Waals surface area contributed by atoms with Gasteiger partial charge in [-0.05, 0) is 42.1 Å². The van der Waals surface area contributed by atoms with Crippen LogP contribution >= 0.6 is 11.3 Å². The van der Waals surface area contributed by atoms with Crippen molar-refractivity contribution in [2.45, 2.75) is 19.4 Å². The lowest BCUT2D eigenvalue weighted by Crippen LogP contribution is -3.06. The molecule has 0 spiro atoms. The van der Waals surface area contributed by atoms with Crippen LogP contribution in [0.15, 0.2) is 41.8 Å². The molecule has 0 radical (unpaired) electrons. The van der Waals surface area contributed by atoms with E-state index in [-0.39, 0.29) is 11.9 Å². The highest BCUT2D eigenvalue weighted by atomic mass is 32.1. The second-order valence-corrected chi connectivity index (χ2v) is 6.71. The first-order valence-corrected chi connectivity index (χ1v) is 8.84. The van der Waals surface area contributed by atoms with Gasteiger partial charge in [0.05, 0.1) is 32.1 Å². The van der Waals surface area contributed by atoms with Crippen molar-refractivity contribution in [1.29, 1.82) is 0 Å². The summed E-state index contributed by atoms with van der Waals surface area (Å²) < 4.78 is 5.53. The van der Waals surface area contributed by atoms with Gasteiger partial charge in [0, 0.05) is 5.56 Å². The van der Waals surface area contributed by atoms with Crippen molar-refractivity contribution in [3.8, 4) is 5.75 Å². The molecular weight excluding hydrogens is 308 g/mol. The Bertz CT molecular complexity index is 594. The molecule has 0 aliphatic rings. The van der Waals surface area contributed by atoms with Crippen LogP contribution in [0, 0.1) is 0 Å². The van der Waals surface area contributed by atoms with Crippen LogP contribution in [0.2, 0.25) is 0 Å². The van der Waals surface area contributed by atoms with Gasteiger partial charge in [-0.3, -0.25) is 4.79 Å². The lowest BCUT2D eigenvalue weighted by atomic mass is 10.2. The largest absolute Gasteiger partial charge is 0.494 e. The Morgan fingerprint density at radius 3 is 2.57 bits per heavy atom. The molecule has 5 heteroatoms. The molecular formula is C18H25N2O2S+. The molecule has 1 atom stereocenters. The van der Waals surface area contributed by atoms with Crippen molar-refractivity contribution in [2.75, 3.05) is 27.2 Å². The third-order valence-corrected chi connectivity index (χ3v) is 4.63. The molecule has 2 rings (SSSR count). The van der Waals surface area contributed by atoms with Gasteiger partial charge in [-0.15, -0.1) is 11.3 Å². The predicted molar refractivity (Wildman–Crippen MR) is 94.4 cm³/mol. The summed E-state index contributed by atoms with van der Waals surface area (Å²) in [7, 11) is 4.22. The van der Waals surface area contributed by atoms with E-state index in [1.165, 1.54) is 9.78 Å². The number of quaternary nitrogens is 1. The lowest BCUT2D eigenvalue weighted by Gasteiger charge is -2.20. The first-order chi connectivity index (χ1) is 11.1. The smallest absolute Gasteiger partial charge is 0.251 e. The Morgan fingerprint density at radius 2 is 2.00 bits per heavy atom. The molecule has 0 saturated heterocycles. The molecule has 2 aromatic rings. The van der Waals surface area contributed by atoms with Crippen LogP contribution in [0.4, 0.5) is 0 Å². The van der Waals surface area contributed by atoms with E-state index in [1.807, 2.05) is 30.3 Å². The number of amides is 1. The minimum absolute atomic E-state index is 0.0464. The molecule has 4 nitrogen and oxygen atoms in total. The quantitative estimate of drug-likeness (QED) is 0.777. The second kappa shape index (κ2) is 8.70. The number of carbonyl (C=O) groups is 1. The maximum absolute atomic E-state index is 12.3. The molecule has 0 saturated carbocycles. The zero-order valence-electron chi connectivity index (χ0n) is 14.0. The zero-order valence-corrected chi connectivity index (χ0v) is 14.8. The Labute approximate surface area is 142 Å². The van der Waals surface area contributed by atoms with Crippen molar-refractivity contribution < 1.29 is 14.4 Å². The topological polar surface area (TPSA) is 42.8 Å². The average molecular weight is 333 g/mol. The maximum atomic E-state index is 12.3. The van der Waals surface area contributed by atoms with Crippen LogP contribution in [0.1, 0.15) is 34.6 Å². The normalized spacial score (nSPS) is 12.2. The van der Waals surface area contributed by atoms with Crippen molar-refractivity contribution in [3.63, 3.8) is 0 Å². The molecule has 0 bridgehead atoms. The first kappa shape index (κ1) is 17.5. The summed E-state index contributed by atoms with van der Waals surface area (Å²) in [5.74, 6) is 0.757. The molecule has 0 fully saturated rings.